The second-order valence-corrected chi connectivity index (χ2v) is 4.23. The van der Waals surface area contributed by atoms with Crippen molar-refractivity contribution in [1.82, 2.24) is 4.90 Å². The lowest BCUT2D eigenvalue weighted by Gasteiger charge is -2.30. The third-order valence-corrected chi connectivity index (χ3v) is 3.08. The van der Waals surface area contributed by atoms with Crippen LogP contribution in [-0.4, -0.2) is 38.0 Å². The maximum absolute atomic E-state index is 5.52. The summed E-state index contributed by atoms with van der Waals surface area (Å²) in [7, 11) is 2.09. The van der Waals surface area contributed by atoms with Crippen LogP contribution in [0.25, 0.3) is 0 Å². The molecule has 90 valence electrons. The molecule has 1 aromatic heterocycles. The SMILES string of the molecule is C[C@H](c1ccco1)N(C)C[C@H]1CCOCO1. The van der Waals surface area contributed by atoms with Crippen molar-refractivity contribution in [2.75, 3.05) is 27.0 Å². The van der Waals surface area contributed by atoms with Gasteiger partial charge in [0.25, 0.3) is 0 Å². The third kappa shape index (κ3) is 2.84. The first kappa shape index (κ1) is 11.6. The summed E-state index contributed by atoms with van der Waals surface area (Å²) in [5, 5.41) is 0. The zero-order valence-electron chi connectivity index (χ0n) is 9.89. The van der Waals surface area contributed by atoms with E-state index in [2.05, 4.69) is 18.9 Å². The van der Waals surface area contributed by atoms with E-state index in [1.54, 1.807) is 6.26 Å². The Morgan fingerprint density at radius 3 is 3.06 bits per heavy atom. The molecule has 0 saturated carbocycles. The van der Waals surface area contributed by atoms with Crippen LogP contribution in [0.3, 0.4) is 0 Å². The minimum atomic E-state index is 0.274. The first-order chi connectivity index (χ1) is 7.77. The van der Waals surface area contributed by atoms with E-state index in [0.29, 0.717) is 6.79 Å². The van der Waals surface area contributed by atoms with Gasteiger partial charge in [-0.25, -0.2) is 0 Å². The second kappa shape index (κ2) is 5.48. The molecule has 4 heteroatoms. The molecule has 0 aromatic carbocycles. The van der Waals surface area contributed by atoms with E-state index in [1.807, 2.05) is 12.1 Å². The van der Waals surface area contributed by atoms with Crippen molar-refractivity contribution >= 4 is 0 Å². The zero-order chi connectivity index (χ0) is 11.4. The molecule has 16 heavy (non-hydrogen) atoms. The number of nitrogens with zero attached hydrogens (tertiary/aromatic N) is 1. The molecule has 0 aliphatic carbocycles. The van der Waals surface area contributed by atoms with Gasteiger partial charge in [0.2, 0.25) is 0 Å². The smallest absolute Gasteiger partial charge is 0.147 e. The number of furan rings is 1. The summed E-state index contributed by atoms with van der Waals surface area (Å²) in [4.78, 5) is 2.24. The maximum atomic E-state index is 5.52. The first-order valence-corrected chi connectivity index (χ1v) is 5.70. The minimum absolute atomic E-state index is 0.274. The van der Waals surface area contributed by atoms with Crippen LogP contribution < -0.4 is 0 Å². The summed E-state index contributed by atoms with van der Waals surface area (Å²) in [6, 6.07) is 4.21. The minimum Gasteiger partial charge on any atom is -0.468 e. The van der Waals surface area contributed by atoms with Gasteiger partial charge >= 0.3 is 0 Å². The second-order valence-electron chi connectivity index (χ2n) is 4.23. The van der Waals surface area contributed by atoms with Gasteiger partial charge < -0.3 is 13.9 Å². The van der Waals surface area contributed by atoms with Gasteiger partial charge in [0.05, 0.1) is 25.0 Å². The van der Waals surface area contributed by atoms with E-state index < -0.39 is 0 Å². The van der Waals surface area contributed by atoms with E-state index in [-0.39, 0.29) is 12.1 Å². The van der Waals surface area contributed by atoms with Gasteiger partial charge in [-0.05, 0) is 32.5 Å². The lowest BCUT2D eigenvalue weighted by molar-refractivity contribution is -0.145. The molecule has 2 heterocycles. The summed E-state index contributed by atoms with van der Waals surface area (Å²) >= 11 is 0. The Labute approximate surface area is 96.1 Å². The summed E-state index contributed by atoms with van der Waals surface area (Å²) in [6.45, 7) is 4.27. The van der Waals surface area contributed by atoms with Gasteiger partial charge in [-0.1, -0.05) is 0 Å². The number of hydrogen-bond acceptors (Lipinski definition) is 4. The Kier molecular flexibility index (Phi) is 3.98. The van der Waals surface area contributed by atoms with Crippen molar-refractivity contribution in [2.45, 2.75) is 25.5 Å². The van der Waals surface area contributed by atoms with Gasteiger partial charge in [-0.3, -0.25) is 4.90 Å². The van der Waals surface area contributed by atoms with Gasteiger partial charge in [0, 0.05) is 6.54 Å². The van der Waals surface area contributed by atoms with Crippen LogP contribution in [0.15, 0.2) is 22.8 Å². The molecule has 2 atom stereocenters. The molecule has 1 aliphatic heterocycles. The van der Waals surface area contributed by atoms with Gasteiger partial charge in [-0.2, -0.15) is 0 Å². The van der Waals surface area contributed by atoms with E-state index >= 15 is 0 Å². The van der Waals surface area contributed by atoms with Crippen LogP contribution >= 0.6 is 0 Å². The third-order valence-electron chi connectivity index (χ3n) is 3.08. The van der Waals surface area contributed by atoms with Crippen molar-refractivity contribution in [3.63, 3.8) is 0 Å². The molecular formula is C12H19NO3. The molecule has 1 fully saturated rings. The fraction of sp³-hybridized carbons (Fsp3) is 0.667. The fourth-order valence-electron chi connectivity index (χ4n) is 1.87. The largest absolute Gasteiger partial charge is 0.468 e. The molecule has 1 aliphatic rings. The van der Waals surface area contributed by atoms with Gasteiger partial charge in [0.1, 0.15) is 12.6 Å². The summed E-state index contributed by atoms with van der Waals surface area (Å²) in [5.41, 5.74) is 0. The van der Waals surface area contributed by atoms with Crippen LogP contribution in [0.5, 0.6) is 0 Å². The molecule has 0 bridgehead atoms. The van der Waals surface area contributed by atoms with Crippen LogP contribution in [0, 0.1) is 0 Å². The average molecular weight is 225 g/mol. The summed E-state index contributed by atoms with van der Waals surface area (Å²) in [5.74, 6) is 0.995. The first-order valence-electron chi connectivity index (χ1n) is 5.70. The Balaban J connectivity index is 1.84. The van der Waals surface area contributed by atoms with Gasteiger partial charge in [-0.15, -0.1) is 0 Å². The monoisotopic (exact) mass is 225 g/mol. The molecular weight excluding hydrogens is 206 g/mol. The number of likely N-dealkylation sites (N-methyl/N-ethyl adjacent to an activating group) is 1. The van der Waals surface area contributed by atoms with Crippen LogP contribution in [0.4, 0.5) is 0 Å². The Bertz CT molecular complexity index is 293. The van der Waals surface area contributed by atoms with E-state index in [9.17, 15) is 0 Å². The average Bonchev–Trinajstić information content (AvgIpc) is 2.83. The Morgan fingerprint density at radius 2 is 2.44 bits per heavy atom. The number of ether oxygens (including phenoxy) is 2. The fourth-order valence-corrected chi connectivity index (χ4v) is 1.87. The van der Waals surface area contributed by atoms with Crippen LogP contribution in [0.2, 0.25) is 0 Å². The molecule has 0 amide bonds. The molecule has 1 saturated heterocycles. The highest BCUT2D eigenvalue weighted by atomic mass is 16.7. The summed E-state index contributed by atoms with van der Waals surface area (Å²) in [6.07, 6.45) is 2.95. The lowest BCUT2D eigenvalue weighted by atomic mass is 10.2. The van der Waals surface area contributed by atoms with E-state index in [1.165, 1.54) is 0 Å². The molecule has 0 radical (unpaired) electrons. The normalized spacial score (nSPS) is 23.6. The number of hydrogen-bond donors (Lipinski definition) is 0. The predicted molar refractivity (Wildman–Crippen MR) is 60.1 cm³/mol. The molecule has 0 spiro atoms. The van der Waals surface area contributed by atoms with Crippen molar-refractivity contribution in [1.29, 1.82) is 0 Å². The Morgan fingerprint density at radius 1 is 1.56 bits per heavy atom. The molecule has 4 nitrogen and oxygen atoms in total. The Hall–Kier alpha value is -0.840. The van der Waals surface area contributed by atoms with Crippen molar-refractivity contribution in [2.24, 2.45) is 0 Å². The molecule has 1 aromatic rings. The molecule has 0 unspecified atom stereocenters. The number of rotatable bonds is 4. The molecule has 0 N–H and O–H groups in total. The van der Waals surface area contributed by atoms with Crippen molar-refractivity contribution in [3.8, 4) is 0 Å². The van der Waals surface area contributed by atoms with Crippen molar-refractivity contribution < 1.29 is 13.9 Å². The molecule has 2 rings (SSSR count). The van der Waals surface area contributed by atoms with Crippen LogP contribution in [0.1, 0.15) is 25.1 Å². The standard InChI is InChI=1S/C12H19NO3/c1-10(12-4-3-6-15-12)13(2)8-11-5-7-14-9-16-11/h3-4,6,10-11H,5,7-9H2,1-2H3/t10-,11-/m1/s1. The van der Waals surface area contributed by atoms with Gasteiger partial charge in [0.15, 0.2) is 0 Å². The highest BCUT2D eigenvalue weighted by Gasteiger charge is 2.20. The highest BCUT2D eigenvalue weighted by Crippen LogP contribution is 2.20. The highest BCUT2D eigenvalue weighted by molar-refractivity contribution is 5.03. The van der Waals surface area contributed by atoms with Crippen molar-refractivity contribution in [3.05, 3.63) is 24.2 Å². The quantitative estimate of drug-likeness (QED) is 0.785. The summed E-state index contributed by atoms with van der Waals surface area (Å²) < 4.78 is 16.1. The van der Waals surface area contributed by atoms with Crippen LogP contribution in [-0.2, 0) is 9.47 Å². The zero-order valence-corrected chi connectivity index (χ0v) is 9.89. The lowest BCUT2D eigenvalue weighted by Crippen LogP contribution is -2.36. The topological polar surface area (TPSA) is 34.8 Å². The van der Waals surface area contributed by atoms with E-state index in [4.69, 9.17) is 13.9 Å². The predicted octanol–water partition coefficient (Wildman–Crippen LogP) is 2.04. The maximum Gasteiger partial charge on any atom is 0.147 e. The van der Waals surface area contributed by atoms with E-state index in [0.717, 1.165) is 25.3 Å².